The molecular weight excluding hydrogens is 205 g/mol. The van der Waals surface area contributed by atoms with Crippen LogP contribution in [0, 0.1) is 5.95 Å². The average molecular weight is 223 g/mol. The molecule has 1 saturated heterocycles. The first kappa shape index (κ1) is 11.3. The van der Waals surface area contributed by atoms with Crippen LogP contribution in [0.15, 0.2) is 18.2 Å². The van der Waals surface area contributed by atoms with Gasteiger partial charge in [0.25, 0.3) is 0 Å². The van der Waals surface area contributed by atoms with Gasteiger partial charge in [0.15, 0.2) is 0 Å². The van der Waals surface area contributed by atoms with Crippen LogP contribution in [0.5, 0.6) is 0 Å². The Balaban J connectivity index is 2.25. The maximum Gasteiger partial charge on any atom is 0.214 e. The van der Waals surface area contributed by atoms with E-state index >= 15 is 0 Å². The van der Waals surface area contributed by atoms with Crippen LogP contribution in [0.2, 0.25) is 0 Å². The monoisotopic (exact) mass is 223 g/mol. The normalized spacial score (nSPS) is 27.1. The molecule has 2 heterocycles. The van der Waals surface area contributed by atoms with E-state index in [1.807, 2.05) is 6.07 Å². The predicted octanol–water partition coefficient (Wildman–Crippen LogP) is 1.75. The van der Waals surface area contributed by atoms with Crippen LogP contribution in [-0.4, -0.2) is 42.1 Å². The minimum atomic E-state index is -0.407. The third-order valence-electron chi connectivity index (χ3n) is 3.07. The molecule has 3 nitrogen and oxygen atoms in total. The Bertz CT molecular complexity index is 357. The van der Waals surface area contributed by atoms with E-state index in [0.29, 0.717) is 12.1 Å². The van der Waals surface area contributed by atoms with Gasteiger partial charge in [-0.1, -0.05) is 6.07 Å². The lowest BCUT2D eigenvalue weighted by molar-refractivity contribution is 0.239. The van der Waals surface area contributed by atoms with Crippen LogP contribution in [0.3, 0.4) is 0 Å². The Morgan fingerprint density at radius 2 is 1.88 bits per heavy atom. The number of likely N-dealkylation sites (N-methyl/N-ethyl adjacent to an activating group) is 1. The van der Waals surface area contributed by atoms with E-state index in [2.05, 4.69) is 35.7 Å². The first-order valence-corrected chi connectivity index (χ1v) is 5.67. The number of piperazine rings is 1. The molecule has 1 aromatic rings. The van der Waals surface area contributed by atoms with Crippen molar-refractivity contribution in [2.24, 2.45) is 0 Å². The molecule has 0 aliphatic carbocycles. The summed E-state index contributed by atoms with van der Waals surface area (Å²) in [7, 11) is 2.11. The summed E-state index contributed by atoms with van der Waals surface area (Å²) in [5.74, 6) is 0.337. The smallest absolute Gasteiger partial charge is 0.214 e. The SMILES string of the molecule is C[C@@H]1CN(C)C[C@H](C)N1c1cccc(F)n1. The van der Waals surface area contributed by atoms with E-state index in [1.165, 1.54) is 6.07 Å². The summed E-state index contributed by atoms with van der Waals surface area (Å²) in [4.78, 5) is 8.46. The molecule has 2 atom stereocenters. The van der Waals surface area contributed by atoms with Crippen molar-refractivity contribution in [2.75, 3.05) is 25.0 Å². The van der Waals surface area contributed by atoms with Gasteiger partial charge >= 0.3 is 0 Å². The van der Waals surface area contributed by atoms with Gasteiger partial charge in [-0.3, -0.25) is 0 Å². The van der Waals surface area contributed by atoms with Gasteiger partial charge in [-0.15, -0.1) is 0 Å². The molecule has 0 bridgehead atoms. The van der Waals surface area contributed by atoms with Crippen molar-refractivity contribution in [3.63, 3.8) is 0 Å². The maximum atomic E-state index is 13.1. The van der Waals surface area contributed by atoms with Crippen molar-refractivity contribution in [3.05, 3.63) is 24.1 Å². The highest BCUT2D eigenvalue weighted by Gasteiger charge is 2.28. The summed E-state index contributed by atoms with van der Waals surface area (Å²) >= 11 is 0. The minimum absolute atomic E-state index is 0.364. The number of anilines is 1. The zero-order valence-corrected chi connectivity index (χ0v) is 10.0. The molecule has 1 aliphatic heterocycles. The molecule has 1 fully saturated rings. The summed E-state index contributed by atoms with van der Waals surface area (Å²) in [6, 6.07) is 5.71. The number of rotatable bonds is 1. The third kappa shape index (κ3) is 2.16. The van der Waals surface area contributed by atoms with Crippen LogP contribution in [0.25, 0.3) is 0 Å². The van der Waals surface area contributed by atoms with Crippen molar-refractivity contribution in [2.45, 2.75) is 25.9 Å². The molecule has 0 spiro atoms. The van der Waals surface area contributed by atoms with Crippen molar-refractivity contribution < 1.29 is 4.39 Å². The van der Waals surface area contributed by atoms with Crippen molar-refractivity contribution >= 4 is 5.82 Å². The summed E-state index contributed by atoms with van der Waals surface area (Å²) < 4.78 is 13.1. The molecule has 1 aliphatic rings. The molecule has 88 valence electrons. The number of hydrogen-bond donors (Lipinski definition) is 0. The van der Waals surface area contributed by atoms with Crippen LogP contribution >= 0.6 is 0 Å². The van der Waals surface area contributed by atoms with Gasteiger partial charge in [-0.25, -0.2) is 4.98 Å². The second kappa shape index (κ2) is 4.37. The summed E-state index contributed by atoms with van der Waals surface area (Å²) in [6.45, 7) is 6.28. The van der Waals surface area contributed by atoms with Crippen LogP contribution in [0.1, 0.15) is 13.8 Å². The molecule has 0 radical (unpaired) electrons. The van der Waals surface area contributed by atoms with Crippen LogP contribution in [-0.2, 0) is 0 Å². The summed E-state index contributed by atoms with van der Waals surface area (Å²) in [6.07, 6.45) is 0. The van der Waals surface area contributed by atoms with Crippen LogP contribution < -0.4 is 4.90 Å². The van der Waals surface area contributed by atoms with Gasteiger partial charge in [0, 0.05) is 25.2 Å². The number of halogens is 1. The van der Waals surface area contributed by atoms with Gasteiger partial charge in [0.2, 0.25) is 5.95 Å². The van der Waals surface area contributed by atoms with Gasteiger partial charge in [0.1, 0.15) is 5.82 Å². The Hall–Kier alpha value is -1.16. The van der Waals surface area contributed by atoms with E-state index < -0.39 is 5.95 Å². The minimum Gasteiger partial charge on any atom is -0.349 e. The zero-order chi connectivity index (χ0) is 11.7. The fourth-order valence-electron chi connectivity index (χ4n) is 2.58. The Kier molecular flexibility index (Phi) is 3.10. The molecule has 16 heavy (non-hydrogen) atoms. The second-order valence-electron chi connectivity index (χ2n) is 4.65. The van der Waals surface area contributed by atoms with Gasteiger partial charge in [-0.05, 0) is 33.0 Å². The molecule has 2 rings (SSSR count). The molecule has 0 aromatic carbocycles. The Labute approximate surface area is 95.9 Å². The number of hydrogen-bond acceptors (Lipinski definition) is 3. The average Bonchev–Trinajstić information content (AvgIpc) is 2.15. The topological polar surface area (TPSA) is 19.4 Å². The van der Waals surface area contributed by atoms with Crippen molar-refractivity contribution in [1.82, 2.24) is 9.88 Å². The maximum absolute atomic E-state index is 13.1. The molecule has 0 amide bonds. The number of pyridine rings is 1. The van der Waals surface area contributed by atoms with E-state index in [9.17, 15) is 4.39 Å². The highest BCUT2D eigenvalue weighted by atomic mass is 19.1. The molecule has 0 unspecified atom stereocenters. The Morgan fingerprint density at radius 3 is 2.44 bits per heavy atom. The van der Waals surface area contributed by atoms with E-state index in [4.69, 9.17) is 0 Å². The first-order valence-electron chi connectivity index (χ1n) is 5.67. The van der Waals surface area contributed by atoms with Crippen LogP contribution in [0.4, 0.5) is 10.2 Å². The quantitative estimate of drug-likeness (QED) is 0.676. The summed E-state index contributed by atoms with van der Waals surface area (Å²) in [5.41, 5.74) is 0. The standard InChI is InChI=1S/C12H18FN3/c1-9-7-15(3)8-10(2)16(9)12-6-4-5-11(13)14-12/h4-6,9-10H,7-8H2,1-3H3/t9-,10+. The third-order valence-corrected chi connectivity index (χ3v) is 3.07. The van der Waals surface area contributed by atoms with E-state index in [0.717, 1.165) is 18.9 Å². The van der Waals surface area contributed by atoms with Gasteiger partial charge in [-0.2, -0.15) is 4.39 Å². The first-order chi connectivity index (χ1) is 7.58. The van der Waals surface area contributed by atoms with Gasteiger partial charge < -0.3 is 9.80 Å². The number of aromatic nitrogens is 1. The van der Waals surface area contributed by atoms with E-state index in [1.54, 1.807) is 6.07 Å². The largest absolute Gasteiger partial charge is 0.349 e. The second-order valence-corrected chi connectivity index (χ2v) is 4.65. The zero-order valence-electron chi connectivity index (χ0n) is 10.0. The van der Waals surface area contributed by atoms with Crippen molar-refractivity contribution in [3.8, 4) is 0 Å². The fourth-order valence-corrected chi connectivity index (χ4v) is 2.58. The molecule has 1 aromatic heterocycles. The molecular formula is C12H18FN3. The molecule has 0 N–H and O–H groups in total. The Morgan fingerprint density at radius 1 is 1.25 bits per heavy atom. The molecule has 4 heteroatoms. The molecule has 0 saturated carbocycles. The summed E-state index contributed by atoms with van der Waals surface area (Å²) in [5, 5.41) is 0. The predicted molar refractivity (Wildman–Crippen MR) is 63.1 cm³/mol. The van der Waals surface area contributed by atoms with Crippen molar-refractivity contribution in [1.29, 1.82) is 0 Å². The lowest BCUT2D eigenvalue weighted by atomic mass is 10.1. The van der Waals surface area contributed by atoms with E-state index in [-0.39, 0.29) is 0 Å². The lowest BCUT2D eigenvalue weighted by Crippen LogP contribution is -2.56. The highest BCUT2D eigenvalue weighted by molar-refractivity contribution is 5.41. The fraction of sp³-hybridized carbons (Fsp3) is 0.583. The lowest BCUT2D eigenvalue weighted by Gasteiger charge is -2.43. The van der Waals surface area contributed by atoms with Gasteiger partial charge in [0.05, 0.1) is 0 Å². The highest BCUT2D eigenvalue weighted by Crippen LogP contribution is 2.22. The number of nitrogens with zero attached hydrogens (tertiary/aromatic N) is 3.